The first-order valence-electron chi connectivity index (χ1n) is 10.7. The number of H-pyrrole nitrogens is 1. The second-order valence-electron chi connectivity index (χ2n) is 8.05. The van der Waals surface area contributed by atoms with Crippen LogP contribution in [0.25, 0.3) is 21.3 Å². The standard InChI is InChI=1S/C23H28N4O3S/c1-4-14(2)24-21(28)16-8-6-10-27(12-16)23-25-19-18(13-31-20(19)22(29)26-23)15-7-5-9-17(11-15)30-3/h5,7,9,11,13-14,16H,4,6,8,10,12H2,1-3H3,(H,24,28)(H,25,26,29)/t14-,16-/m0/s1. The molecule has 0 spiro atoms. The molecule has 1 amide bonds. The molecule has 31 heavy (non-hydrogen) atoms. The lowest BCUT2D eigenvalue weighted by molar-refractivity contribution is -0.125. The lowest BCUT2D eigenvalue weighted by Gasteiger charge is -2.32. The smallest absolute Gasteiger partial charge is 0.270 e. The summed E-state index contributed by atoms with van der Waals surface area (Å²) in [6, 6.07) is 7.91. The predicted octanol–water partition coefficient (Wildman–Crippen LogP) is 3.79. The van der Waals surface area contributed by atoms with E-state index < -0.39 is 0 Å². The quantitative estimate of drug-likeness (QED) is 0.609. The van der Waals surface area contributed by atoms with E-state index in [0.717, 1.165) is 42.7 Å². The second kappa shape index (κ2) is 9.09. The number of rotatable bonds is 6. The third kappa shape index (κ3) is 4.44. The highest BCUT2D eigenvalue weighted by molar-refractivity contribution is 7.17. The lowest BCUT2D eigenvalue weighted by atomic mass is 9.97. The molecule has 0 aliphatic carbocycles. The largest absolute Gasteiger partial charge is 0.497 e. The normalized spacial score (nSPS) is 17.5. The number of carbonyl (C=O) groups excluding carboxylic acids is 1. The zero-order valence-corrected chi connectivity index (χ0v) is 18.9. The SMILES string of the molecule is CC[C@H](C)NC(=O)[C@H]1CCCN(c2nc3c(-c4cccc(OC)c4)csc3c(=O)[nH]2)C1. The van der Waals surface area contributed by atoms with Crippen LogP contribution in [0.2, 0.25) is 0 Å². The second-order valence-corrected chi connectivity index (χ2v) is 8.93. The molecule has 1 saturated heterocycles. The van der Waals surface area contributed by atoms with E-state index in [4.69, 9.17) is 9.72 Å². The van der Waals surface area contributed by atoms with Gasteiger partial charge in [-0.05, 0) is 43.9 Å². The summed E-state index contributed by atoms with van der Waals surface area (Å²) in [5.41, 5.74) is 2.40. The lowest BCUT2D eigenvalue weighted by Crippen LogP contribution is -2.46. The molecule has 3 aromatic rings. The fraction of sp³-hybridized carbons (Fsp3) is 0.435. The summed E-state index contributed by atoms with van der Waals surface area (Å²) in [4.78, 5) is 35.2. The fourth-order valence-electron chi connectivity index (χ4n) is 3.91. The number of methoxy groups -OCH3 is 1. The van der Waals surface area contributed by atoms with Crippen molar-refractivity contribution in [2.75, 3.05) is 25.1 Å². The van der Waals surface area contributed by atoms with E-state index in [-0.39, 0.29) is 23.4 Å². The minimum Gasteiger partial charge on any atom is -0.497 e. The third-order valence-electron chi connectivity index (χ3n) is 5.89. The molecule has 1 fully saturated rings. The Morgan fingerprint density at radius 1 is 1.45 bits per heavy atom. The van der Waals surface area contributed by atoms with Crippen LogP contribution in [0, 0.1) is 5.92 Å². The Balaban J connectivity index is 1.65. The number of benzene rings is 1. The number of amides is 1. The molecule has 4 rings (SSSR count). The molecule has 1 aromatic carbocycles. The third-order valence-corrected chi connectivity index (χ3v) is 6.86. The molecular formula is C23H28N4O3S. The van der Waals surface area contributed by atoms with Crippen molar-refractivity contribution in [2.45, 2.75) is 39.2 Å². The van der Waals surface area contributed by atoms with Crippen molar-refractivity contribution in [3.63, 3.8) is 0 Å². The van der Waals surface area contributed by atoms with Gasteiger partial charge in [0.15, 0.2) is 0 Å². The van der Waals surface area contributed by atoms with Crippen molar-refractivity contribution in [1.29, 1.82) is 0 Å². The van der Waals surface area contributed by atoms with Crippen molar-refractivity contribution >= 4 is 33.4 Å². The van der Waals surface area contributed by atoms with Gasteiger partial charge in [-0.2, -0.15) is 0 Å². The predicted molar refractivity (Wildman–Crippen MR) is 125 cm³/mol. The van der Waals surface area contributed by atoms with Gasteiger partial charge >= 0.3 is 0 Å². The maximum atomic E-state index is 12.8. The Morgan fingerprint density at radius 2 is 2.29 bits per heavy atom. The molecule has 0 bridgehead atoms. The molecule has 2 aromatic heterocycles. The average molecular weight is 441 g/mol. The molecule has 1 aliphatic rings. The van der Waals surface area contributed by atoms with Crippen molar-refractivity contribution < 1.29 is 9.53 Å². The number of nitrogens with one attached hydrogen (secondary N) is 2. The Hall–Kier alpha value is -2.87. The summed E-state index contributed by atoms with van der Waals surface area (Å²) in [6.07, 6.45) is 2.63. The first-order chi connectivity index (χ1) is 15.0. The van der Waals surface area contributed by atoms with Crippen molar-refractivity contribution in [3.05, 3.63) is 40.0 Å². The number of aromatic amines is 1. The first kappa shape index (κ1) is 21.4. The number of nitrogens with zero attached hydrogens (tertiary/aromatic N) is 2. The van der Waals surface area contributed by atoms with Crippen LogP contribution in [0.5, 0.6) is 5.75 Å². The van der Waals surface area contributed by atoms with Gasteiger partial charge in [-0.15, -0.1) is 11.3 Å². The number of carbonyl (C=O) groups is 1. The molecule has 7 nitrogen and oxygen atoms in total. The van der Waals surface area contributed by atoms with Gasteiger partial charge < -0.3 is 15.0 Å². The summed E-state index contributed by atoms with van der Waals surface area (Å²) < 4.78 is 5.95. The van der Waals surface area contributed by atoms with Crippen LogP contribution < -0.4 is 20.5 Å². The zero-order chi connectivity index (χ0) is 22.0. The van der Waals surface area contributed by atoms with Gasteiger partial charge in [-0.3, -0.25) is 14.6 Å². The molecule has 164 valence electrons. The number of anilines is 1. The van der Waals surface area contributed by atoms with Gasteiger partial charge in [0.05, 0.1) is 18.5 Å². The van der Waals surface area contributed by atoms with Crippen molar-refractivity contribution in [3.8, 4) is 16.9 Å². The molecule has 8 heteroatoms. The van der Waals surface area contributed by atoms with Crippen molar-refractivity contribution in [1.82, 2.24) is 15.3 Å². The van der Waals surface area contributed by atoms with Gasteiger partial charge in [0.2, 0.25) is 11.9 Å². The van der Waals surface area contributed by atoms with Crippen LogP contribution in [0.3, 0.4) is 0 Å². The molecule has 2 atom stereocenters. The summed E-state index contributed by atoms with van der Waals surface area (Å²) >= 11 is 1.39. The van der Waals surface area contributed by atoms with Gasteiger partial charge in [0, 0.05) is 30.1 Å². The first-order valence-corrected chi connectivity index (χ1v) is 11.6. The Bertz CT molecular complexity index is 1140. The number of fused-ring (bicyclic) bond motifs is 1. The molecule has 0 saturated carbocycles. The van der Waals surface area contributed by atoms with E-state index in [9.17, 15) is 9.59 Å². The maximum absolute atomic E-state index is 12.8. The highest BCUT2D eigenvalue weighted by Gasteiger charge is 2.28. The minimum atomic E-state index is -0.148. The van der Waals surface area contributed by atoms with Crippen LogP contribution in [-0.2, 0) is 4.79 Å². The monoisotopic (exact) mass is 440 g/mol. The summed E-state index contributed by atoms with van der Waals surface area (Å²) in [5.74, 6) is 1.26. The topological polar surface area (TPSA) is 87.3 Å². The van der Waals surface area contributed by atoms with E-state index in [2.05, 4.69) is 17.2 Å². The molecule has 3 heterocycles. The molecular weight excluding hydrogens is 412 g/mol. The summed E-state index contributed by atoms with van der Waals surface area (Å²) in [5, 5.41) is 5.04. The van der Waals surface area contributed by atoms with Crippen molar-refractivity contribution in [2.24, 2.45) is 5.92 Å². The van der Waals surface area contributed by atoms with E-state index in [0.29, 0.717) is 22.7 Å². The Labute approximate surface area is 185 Å². The molecule has 0 unspecified atom stereocenters. The van der Waals surface area contributed by atoms with Crippen LogP contribution >= 0.6 is 11.3 Å². The summed E-state index contributed by atoms with van der Waals surface area (Å²) in [7, 11) is 1.64. The van der Waals surface area contributed by atoms with E-state index in [1.165, 1.54) is 11.3 Å². The number of hydrogen-bond donors (Lipinski definition) is 2. The minimum absolute atomic E-state index is 0.0788. The van der Waals surface area contributed by atoms with Crippen LogP contribution in [0.1, 0.15) is 33.1 Å². The van der Waals surface area contributed by atoms with Crippen LogP contribution in [0.4, 0.5) is 5.95 Å². The highest BCUT2D eigenvalue weighted by Crippen LogP contribution is 2.33. The maximum Gasteiger partial charge on any atom is 0.270 e. The number of piperidine rings is 1. The van der Waals surface area contributed by atoms with Gasteiger partial charge in [0.1, 0.15) is 10.4 Å². The summed E-state index contributed by atoms with van der Waals surface area (Å²) in [6.45, 7) is 5.39. The number of thiophene rings is 1. The van der Waals surface area contributed by atoms with E-state index >= 15 is 0 Å². The molecule has 1 aliphatic heterocycles. The van der Waals surface area contributed by atoms with E-state index in [1.54, 1.807) is 7.11 Å². The van der Waals surface area contributed by atoms with E-state index in [1.807, 2.05) is 41.5 Å². The van der Waals surface area contributed by atoms with Gasteiger partial charge in [-0.25, -0.2) is 4.98 Å². The number of hydrogen-bond acceptors (Lipinski definition) is 6. The Kier molecular flexibility index (Phi) is 6.27. The van der Waals surface area contributed by atoms with Crippen LogP contribution in [-0.4, -0.2) is 42.1 Å². The van der Waals surface area contributed by atoms with Gasteiger partial charge in [-0.1, -0.05) is 19.1 Å². The highest BCUT2D eigenvalue weighted by atomic mass is 32.1. The molecule has 2 N–H and O–H groups in total. The number of aromatic nitrogens is 2. The average Bonchev–Trinajstić information content (AvgIpc) is 3.23. The number of ether oxygens (including phenoxy) is 1. The van der Waals surface area contributed by atoms with Crippen LogP contribution in [0.15, 0.2) is 34.4 Å². The van der Waals surface area contributed by atoms with Gasteiger partial charge in [0.25, 0.3) is 5.56 Å². The Morgan fingerprint density at radius 3 is 3.06 bits per heavy atom. The fourth-order valence-corrected chi connectivity index (χ4v) is 4.82. The molecule has 0 radical (unpaired) electrons. The zero-order valence-electron chi connectivity index (χ0n) is 18.1.